The Morgan fingerprint density at radius 3 is 1.65 bits per heavy atom. The molecule has 1 aromatic heterocycles. The summed E-state index contributed by atoms with van der Waals surface area (Å²) in [5.74, 6) is -0.0694. The van der Waals surface area contributed by atoms with Gasteiger partial charge in [0, 0.05) is 59.3 Å². The Balaban J connectivity index is 0.000000168. The molecule has 20 nitrogen and oxygen atoms in total. The molecule has 0 radical (unpaired) electrons. The van der Waals surface area contributed by atoms with Gasteiger partial charge in [-0.05, 0) is 34.3 Å². The number of phenols is 1. The molecule has 0 unspecified atom stereocenters. The molecular weight excluding hydrogens is 771 g/mol. The number of nitrogens with one attached hydrogen (secondary N) is 2. The molecule has 268 valence electrons. The summed E-state index contributed by atoms with van der Waals surface area (Å²) in [6, 6.07) is 5.94. The maximum absolute atomic E-state index is 12.8. The number of phenolic OH excluding ortho intramolecular Hbond substituents is 1. The highest BCUT2D eigenvalue weighted by atomic mass is 35.5. The van der Waals surface area contributed by atoms with Crippen molar-refractivity contribution in [3.63, 3.8) is 0 Å². The van der Waals surface area contributed by atoms with Crippen molar-refractivity contribution in [1.29, 1.82) is 0 Å². The van der Waals surface area contributed by atoms with Crippen LogP contribution in [0.3, 0.4) is 0 Å². The Bertz CT molecular complexity index is 1820. The third-order valence-electron chi connectivity index (χ3n) is 6.37. The summed E-state index contributed by atoms with van der Waals surface area (Å²) in [4.78, 5) is 3.85. The number of sulfonamides is 2. The zero-order valence-electron chi connectivity index (χ0n) is 24.5. The van der Waals surface area contributed by atoms with Crippen molar-refractivity contribution in [2.24, 2.45) is 0 Å². The van der Waals surface area contributed by atoms with Crippen molar-refractivity contribution in [1.82, 2.24) is 24.2 Å². The van der Waals surface area contributed by atoms with E-state index < -0.39 is 48.5 Å². The van der Waals surface area contributed by atoms with E-state index in [2.05, 4.69) is 43.0 Å². The monoisotopic (exact) mass is 798 g/mol. The Morgan fingerprint density at radius 2 is 1.21 bits per heavy atom. The highest BCUT2D eigenvalue weighted by molar-refractivity contribution is 7.89. The third-order valence-corrected chi connectivity index (χ3v) is 11.8. The second kappa shape index (κ2) is 17.2. The van der Waals surface area contributed by atoms with Gasteiger partial charge in [0.05, 0.1) is 15.7 Å². The number of rotatable bonds is 4. The number of halogens is 2. The smallest absolute Gasteiger partial charge is 0.367 e. The summed E-state index contributed by atoms with van der Waals surface area (Å²) >= 11 is 8.75. The van der Waals surface area contributed by atoms with E-state index in [0.29, 0.717) is 63.8 Å². The number of fused-ring (bicyclic) bond motifs is 1. The van der Waals surface area contributed by atoms with Gasteiger partial charge in [-0.25, -0.2) is 21.8 Å². The Morgan fingerprint density at radius 1 is 0.792 bits per heavy atom. The summed E-state index contributed by atoms with van der Waals surface area (Å²) < 4.78 is 92.0. The molecule has 26 heteroatoms. The molecule has 2 aromatic carbocycles. The molecule has 5 N–H and O–H groups in total. The fraction of sp³-hybridized carbons (Fsp3) is 0.409. The van der Waals surface area contributed by atoms with E-state index in [9.17, 15) is 30.4 Å². The lowest BCUT2D eigenvalue weighted by Gasteiger charge is -2.27. The Hall–Kier alpha value is -2.11. The van der Waals surface area contributed by atoms with E-state index >= 15 is 0 Å². The number of benzene rings is 2. The van der Waals surface area contributed by atoms with Crippen molar-refractivity contribution in [3.05, 3.63) is 40.2 Å². The molecular formula is C22H28Cl2N6O14S4. The van der Waals surface area contributed by atoms with Gasteiger partial charge in [-0.1, -0.05) is 40.5 Å². The van der Waals surface area contributed by atoms with Gasteiger partial charge in [0.15, 0.2) is 17.2 Å². The molecule has 0 saturated carbocycles. The van der Waals surface area contributed by atoms with Gasteiger partial charge in [0.2, 0.25) is 20.0 Å². The number of nitrogens with zero attached hydrogens (tertiary/aromatic N) is 3. The fourth-order valence-corrected chi connectivity index (χ4v) is 8.53. The highest BCUT2D eigenvalue weighted by Crippen LogP contribution is 2.37. The largest absolute Gasteiger partial charge is 0.504 e. The molecule has 0 spiro atoms. The molecule has 48 heavy (non-hydrogen) atoms. The van der Waals surface area contributed by atoms with Crippen LogP contribution in [0.15, 0.2) is 38.5 Å². The van der Waals surface area contributed by atoms with Crippen LogP contribution in [-0.4, -0.2) is 96.3 Å². The highest BCUT2D eigenvalue weighted by Gasteiger charge is 2.33. The predicted molar refractivity (Wildman–Crippen MR) is 167 cm³/mol. The maximum Gasteiger partial charge on any atom is 0.367 e. The predicted octanol–water partition coefficient (Wildman–Crippen LogP) is 0.522. The number of piperazine rings is 2. The van der Waals surface area contributed by atoms with Crippen molar-refractivity contribution in [3.8, 4) is 5.75 Å². The van der Waals surface area contributed by atoms with Gasteiger partial charge in [0.25, 0.3) is 0 Å². The zero-order valence-corrected chi connectivity index (χ0v) is 29.3. The first-order valence-electron chi connectivity index (χ1n) is 13.4. The van der Waals surface area contributed by atoms with Gasteiger partial charge >= 0.3 is 22.7 Å². The number of oxazole rings is 1. The van der Waals surface area contributed by atoms with E-state index in [0.717, 1.165) is 0 Å². The lowest BCUT2D eigenvalue weighted by molar-refractivity contribution is -0.469. The number of hydrogen-bond donors (Lipinski definition) is 4. The van der Waals surface area contributed by atoms with Crippen LogP contribution in [0.2, 0.25) is 10.0 Å². The van der Waals surface area contributed by atoms with Crippen LogP contribution in [0.1, 0.15) is 5.89 Å². The molecule has 0 amide bonds. The minimum atomic E-state index is -3.81. The number of nitrogen functional groups attached to an aromatic ring is 1. The zero-order chi connectivity index (χ0) is 35.1. The molecule has 4 aliphatic rings. The molecule has 4 saturated heterocycles. The minimum absolute atomic E-state index is 0.00638. The molecule has 0 bridgehead atoms. The summed E-state index contributed by atoms with van der Waals surface area (Å²) in [6.45, 7) is 5.59. The van der Waals surface area contributed by atoms with E-state index in [4.69, 9.17) is 33.4 Å². The van der Waals surface area contributed by atoms with Crippen LogP contribution in [0, 0.1) is 6.92 Å². The first kappa shape index (κ1) is 38.7. The quantitative estimate of drug-likeness (QED) is 0.159. The number of hydrogen-bond acceptors (Lipinski definition) is 18. The number of aromatic nitrogens is 1. The lowest BCUT2D eigenvalue weighted by atomic mass is 10.3. The number of aromatic hydroxyl groups is 1. The molecule has 7 rings (SSSR count). The van der Waals surface area contributed by atoms with Crippen LogP contribution < -0.4 is 16.4 Å². The summed E-state index contributed by atoms with van der Waals surface area (Å²) in [7, 11) is -7.49. The molecule has 4 aliphatic heterocycles. The van der Waals surface area contributed by atoms with E-state index in [-0.39, 0.29) is 31.1 Å². The molecule has 4 fully saturated rings. The van der Waals surface area contributed by atoms with Crippen LogP contribution in [-0.2, 0) is 70.2 Å². The van der Waals surface area contributed by atoms with Gasteiger partial charge in [-0.2, -0.15) is 17.0 Å². The van der Waals surface area contributed by atoms with Crippen LogP contribution in [0.5, 0.6) is 5.75 Å². The van der Waals surface area contributed by atoms with Gasteiger partial charge in [-0.15, -0.1) is 0 Å². The van der Waals surface area contributed by atoms with E-state index in [1.165, 1.54) is 20.7 Å². The fourth-order valence-electron chi connectivity index (χ4n) is 4.23. The van der Waals surface area contributed by atoms with Crippen LogP contribution in [0.4, 0.5) is 5.69 Å². The van der Waals surface area contributed by atoms with E-state index in [1.807, 2.05) is 0 Å². The molecule has 0 atom stereocenters. The third kappa shape index (κ3) is 9.56. The summed E-state index contributed by atoms with van der Waals surface area (Å²) in [5.41, 5.74) is 6.24. The average molecular weight is 800 g/mol. The second-order valence-corrected chi connectivity index (χ2v) is 15.3. The van der Waals surface area contributed by atoms with Gasteiger partial charge in [0.1, 0.15) is 15.3 Å². The van der Waals surface area contributed by atoms with Crippen LogP contribution >= 0.6 is 23.2 Å². The first-order valence-corrected chi connectivity index (χ1v) is 19.0. The van der Waals surface area contributed by atoms with Crippen molar-refractivity contribution in [2.45, 2.75) is 16.7 Å². The van der Waals surface area contributed by atoms with Crippen molar-refractivity contribution in [2.75, 3.05) is 58.1 Å². The minimum Gasteiger partial charge on any atom is -0.504 e. The van der Waals surface area contributed by atoms with Crippen LogP contribution in [0.25, 0.3) is 11.1 Å². The van der Waals surface area contributed by atoms with Gasteiger partial charge < -0.3 is 25.9 Å². The van der Waals surface area contributed by atoms with Gasteiger partial charge in [-0.3, -0.25) is 0 Å². The number of anilines is 1. The molecule has 5 heterocycles. The maximum atomic E-state index is 12.8. The summed E-state index contributed by atoms with van der Waals surface area (Å²) in [5, 5.41) is 23.2. The lowest BCUT2D eigenvalue weighted by Crippen LogP contribution is -2.46. The SMILES string of the molecule is Cc1nc2ccc(Cl)c(S(=O)(=O)N3CCNCC3)c2o1.Nc1ccc(Cl)c(S(=O)(=O)N2CCNCC2)c1O.O=S1OOO1.O=S1OOO1. The van der Waals surface area contributed by atoms with Crippen molar-refractivity contribution < 1.29 is 62.2 Å². The standard InChI is InChI=1S/C12H14ClN3O3S.C10H14ClN3O3S.2O4S/c1-8-15-10-3-2-9(13)12(11(10)19-8)20(17,18)16-6-4-14-5-7-16;11-7-1-2-8(12)9(15)10(7)18(16,17)14-5-3-13-4-6-14;2*1-5-3-2-4-5/h2-3,14H,4-7H2,1H3;1-2,13,15H,3-6,12H2;;. The molecule has 3 aromatic rings. The topological polar surface area (TPSA) is 261 Å². The van der Waals surface area contributed by atoms with Crippen molar-refractivity contribution >= 4 is 82.8 Å². The van der Waals surface area contributed by atoms with E-state index in [1.54, 1.807) is 19.1 Å². The molecule has 0 aliphatic carbocycles. The first-order chi connectivity index (χ1) is 22.7. The normalized spacial score (nSPS) is 19.4. The Kier molecular flexibility index (Phi) is 13.9. The average Bonchev–Trinajstić information content (AvgIpc) is 3.42. The number of nitrogens with two attached hydrogens (primary N) is 1. The summed E-state index contributed by atoms with van der Waals surface area (Å²) in [6.07, 6.45) is 0. The number of aryl methyl sites for hydroxylation is 1. The second-order valence-electron chi connectivity index (χ2n) is 9.40. The Labute approximate surface area is 288 Å².